The fourth-order valence-electron chi connectivity index (χ4n) is 3.33. The normalized spacial score (nSPS) is 17.2. The van der Waals surface area contributed by atoms with Crippen molar-refractivity contribution in [3.8, 4) is 0 Å². The molecule has 5 nitrogen and oxygen atoms in total. The van der Waals surface area contributed by atoms with Crippen LogP contribution in [0.4, 0.5) is 5.69 Å². The molecule has 4 rings (SSSR count). The van der Waals surface area contributed by atoms with Gasteiger partial charge in [-0.3, -0.25) is 9.67 Å². The molecule has 1 aliphatic rings. The highest BCUT2D eigenvalue weighted by Crippen LogP contribution is 2.32. The molecule has 23 heavy (non-hydrogen) atoms. The quantitative estimate of drug-likeness (QED) is 0.778. The number of aromatic nitrogens is 3. The highest BCUT2D eigenvalue weighted by atomic mass is 16.3. The number of nitrogens with one attached hydrogen (secondary N) is 1. The van der Waals surface area contributed by atoms with Gasteiger partial charge in [0, 0.05) is 23.8 Å². The zero-order valence-electron chi connectivity index (χ0n) is 12.9. The van der Waals surface area contributed by atoms with Gasteiger partial charge in [0.1, 0.15) is 0 Å². The Morgan fingerprint density at radius 1 is 1.26 bits per heavy atom. The second-order valence-electron chi connectivity index (χ2n) is 5.98. The SMILES string of the molecule is OC1CCCc2c(NCCn3ncc4ccccc43)ccnc21. The van der Waals surface area contributed by atoms with Crippen LogP contribution in [0.5, 0.6) is 0 Å². The van der Waals surface area contributed by atoms with Crippen LogP contribution in [-0.4, -0.2) is 26.4 Å². The van der Waals surface area contributed by atoms with Crippen LogP contribution in [0.2, 0.25) is 0 Å². The number of hydrogen-bond acceptors (Lipinski definition) is 4. The maximum absolute atomic E-state index is 10.1. The summed E-state index contributed by atoms with van der Waals surface area (Å²) >= 11 is 0. The summed E-state index contributed by atoms with van der Waals surface area (Å²) < 4.78 is 2.02. The Morgan fingerprint density at radius 2 is 2.17 bits per heavy atom. The zero-order valence-corrected chi connectivity index (χ0v) is 12.9. The van der Waals surface area contributed by atoms with E-state index in [2.05, 4.69) is 27.5 Å². The van der Waals surface area contributed by atoms with Crippen molar-refractivity contribution >= 4 is 16.6 Å². The van der Waals surface area contributed by atoms with Gasteiger partial charge in [-0.05, 0) is 37.0 Å². The second-order valence-corrected chi connectivity index (χ2v) is 5.98. The highest BCUT2D eigenvalue weighted by Gasteiger charge is 2.21. The van der Waals surface area contributed by atoms with E-state index in [1.807, 2.05) is 29.1 Å². The van der Waals surface area contributed by atoms with Gasteiger partial charge in [0.05, 0.1) is 30.1 Å². The van der Waals surface area contributed by atoms with Gasteiger partial charge in [-0.2, -0.15) is 5.10 Å². The van der Waals surface area contributed by atoms with Gasteiger partial charge in [0.25, 0.3) is 0 Å². The molecular formula is C18H20N4O. The van der Waals surface area contributed by atoms with E-state index in [9.17, 15) is 5.11 Å². The Labute approximate surface area is 135 Å². The maximum atomic E-state index is 10.1. The molecule has 1 aromatic carbocycles. The van der Waals surface area contributed by atoms with Gasteiger partial charge in [-0.1, -0.05) is 18.2 Å². The van der Waals surface area contributed by atoms with Crippen molar-refractivity contribution in [2.75, 3.05) is 11.9 Å². The van der Waals surface area contributed by atoms with Crippen molar-refractivity contribution < 1.29 is 5.11 Å². The van der Waals surface area contributed by atoms with E-state index in [0.717, 1.165) is 60.2 Å². The van der Waals surface area contributed by atoms with Gasteiger partial charge in [0.15, 0.2) is 0 Å². The lowest BCUT2D eigenvalue weighted by Gasteiger charge is -2.23. The molecule has 2 aromatic heterocycles. The third-order valence-corrected chi connectivity index (χ3v) is 4.50. The minimum Gasteiger partial charge on any atom is -0.387 e. The molecule has 1 aliphatic carbocycles. The van der Waals surface area contributed by atoms with Crippen molar-refractivity contribution in [3.05, 3.63) is 54.0 Å². The summed E-state index contributed by atoms with van der Waals surface area (Å²) in [5, 5.41) is 19.2. The minimum absolute atomic E-state index is 0.421. The van der Waals surface area contributed by atoms with E-state index in [1.165, 1.54) is 0 Å². The zero-order chi connectivity index (χ0) is 15.6. The third kappa shape index (κ3) is 2.68. The predicted octanol–water partition coefficient (Wildman–Crippen LogP) is 2.91. The van der Waals surface area contributed by atoms with E-state index >= 15 is 0 Å². The molecule has 0 fully saturated rings. The number of aliphatic hydroxyl groups is 1. The summed E-state index contributed by atoms with van der Waals surface area (Å²) in [4.78, 5) is 4.35. The standard InChI is InChI=1S/C18H20N4O/c23-17-7-3-5-14-15(8-9-20-18(14)17)19-10-11-22-16-6-2-1-4-13(16)12-21-22/h1-2,4,6,8-9,12,17,23H,3,5,7,10-11H2,(H,19,20). The first-order valence-corrected chi connectivity index (χ1v) is 8.13. The minimum atomic E-state index is -0.421. The van der Waals surface area contributed by atoms with E-state index in [0.29, 0.717) is 0 Å². The van der Waals surface area contributed by atoms with Crippen molar-refractivity contribution in [1.29, 1.82) is 0 Å². The fraction of sp³-hybridized carbons (Fsp3) is 0.333. The Balaban J connectivity index is 1.49. The molecule has 0 saturated carbocycles. The topological polar surface area (TPSA) is 63.0 Å². The fourth-order valence-corrected chi connectivity index (χ4v) is 3.33. The van der Waals surface area contributed by atoms with E-state index < -0.39 is 6.10 Å². The molecule has 3 aromatic rings. The van der Waals surface area contributed by atoms with Gasteiger partial charge in [-0.15, -0.1) is 0 Å². The number of rotatable bonds is 4. The third-order valence-electron chi connectivity index (χ3n) is 4.50. The summed E-state index contributed by atoms with van der Waals surface area (Å²) in [6, 6.07) is 10.2. The summed E-state index contributed by atoms with van der Waals surface area (Å²) in [5.74, 6) is 0. The highest BCUT2D eigenvalue weighted by molar-refractivity contribution is 5.78. The lowest BCUT2D eigenvalue weighted by Crippen LogP contribution is -2.17. The molecule has 2 N–H and O–H groups in total. The van der Waals surface area contributed by atoms with Crippen molar-refractivity contribution in [2.24, 2.45) is 0 Å². The number of pyridine rings is 1. The average Bonchev–Trinajstić information content (AvgIpc) is 2.99. The summed E-state index contributed by atoms with van der Waals surface area (Å²) in [6.07, 6.45) is 6.06. The van der Waals surface area contributed by atoms with Crippen LogP contribution in [0, 0.1) is 0 Å². The summed E-state index contributed by atoms with van der Waals surface area (Å²) in [7, 11) is 0. The first-order valence-electron chi connectivity index (χ1n) is 8.13. The molecule has 0 saturated heterocycles. The number of hydrogen-bond donors (Lipinski definition) is 2. The Bertz CT molecular complexity index is 827. The van der Waals surface area contributed by atoms with Crippen LogP contribution in [0.25, 0.3) is 10.9 Å². The monoisotopic (exact) mass is 308 g/mol. The van der Waals surface area contributed by atoms with Crippen LogP contribution in [0.3, 0.4) is 0 Å². The molecule has 5 heteroatoms. The average molecular weight is 308 g/mol. The molecule has 0 amide bonds. The van der Waals surface area contributed by atoms with Crippen LogP contribution < -0.4 is 5.32 Å². The number of anilines is 1. The van der Waals surface area contributed by atoms with Crippen molar-refractivity contribution in [3.63, 3.8) is 0 Å². The van der Waals surface area contributed by atoms with E-state index in [4.69, 9.17) is 0 Å². The van der Waals surface area contributed by atoms with Crippen LogP contribution in [-0.2, 0) is 13.0 Å². The van der Waals surface area contributed by atoms with Crippen LogP contribution in [0.15, 0.2) is 42.7 Å². The van der Waals surface area contributed by atoms with Crippen molar-refractivity contribution in [2.45, 2.75) is 31.9 Å². The summed E-state index contributed by atoms with van der Waals surface area (Å²) in [6.45, 7) is 1.59. The van der Waals surface area contributed by atoms with E-state index in [1.54, 1.807) is 6.20 Å². The number of para-hydroxylation sites is 1. The molecule has 1 atom stereocenters. The molecule has 0 bridgehead atoms. The molecule has 2 heterocycles. The predicted molar refractivity (Wildman–Crippen MR) is 90.4 cm³/mol. The van der Waals surface area contributed by atoms with Gasteiger partial charge in [0.2, 0.25) is 0 Å². The number of aliphatic hydroxyl groups excluding tert-OH is 1. The molecule has 0 radical (unpaired) electrons. The summed E-state index contributed by atoms with van der Waals surface area (Å²) in [5.41, 5.74) is 4.24. The largest absolute Gasteiger partial charge is 0.387 e. The van der Waals surface area contributed by atoms with E-state index in [-0.39, 0.29) is 0 Å². The second kappa shape index (κ2) is 6.01. The molecular weight excluding hydrogens is 288 g/mol. The molecule has 0 spiro atoms. The first-order chi connectivity index (χ1) is 11.3. The molecule has 118 valence electrons. The lowest BCUT2D eigenvalue weighted by molar-refractivity contribution is 0.151. The van der Waals surface area contributed by atoms with Gasteiger partial charge in [-0.25, -0.2) is 0 Å². The van der Waals surface area contributed by atoms with Crippen LogP contribution in [0.1, 0.15) is 30.2 Å². The Kier molecular flexibility index (Phi) is 3.71. The first kappa shape index (κ1) is 14.2. The Morgan fingerprint density at radius 3 is 3.13 bits per heavy atom. The van der Waals surface area contributed by atoms with Gasteiger partial charge >= 0.3 is 0 Å². The number of fused-ring (bicyclic) bond motifs is 2. The van der Waals surface area contributed by atoms with Crippen LogP contribution >= 0.6 is 0 Å². The Hall–Kier alpha value is -2.40. The molecule has 1 unspecified atom stereocenters. The number of benzene rings is 1. The lowest BCUT2D eigenvalue weighted by atomic mass is 9.92. The van der Waals surface area contributed by atoms with Crippen molar-refractivity contribution in [1.82, 2.24) is 14.8 Å². The maximum Gasteiger partial charge on any atom is 0.0963 e. The molecule has 0 aliphatic heterocycles. The van der Waals surface area contributed by atoms with Gasteiger partial charge < -0.3 is 10.4 Å². The number of nitrogens with zero attached hydrogens (tertiary/aromatic N) is 3. The smallest absolute Gasteiger partial charge is 0.0963 e.